The monoisotopic (exact) mass is 775 g/mol. The molecule has 0 N–H and O–H groups in total. The van der Waals surface area contributed by atoms with E-state index in [2.05, 4.69) is 45.1 Å². The van der Waals surface area contributed by atoms with E-state index in [0.717, 1.165) is 77.0 Å². The molecule has 1 atom stereocenters. The first-order valence-electron chi connectivity index (χ1n) is 23.8. The van der Waals surface area contributed by atoms with Gasteiger partial charge in [0.1, 0.15) is 13.2 Å². The molecule has 0 bridgehead atoms. The van der Waals surface area contributed by atoms with Gasteiger partial charge in [-0.3, -0.25) is 14.4 Å². The van der Waals surface area contributed by atoms with Crippen LogP contribution in [0, 0.1) is 0 Å². The second-order valence-corrected chi connectivity index (χ2v) is 16.0. The van der Waals surface area contributed by atoms with Crippen molar-refractivity contribution in [2.24, 2.45) is 0 Å². The van der Waals surface area contributed by atoms with Crippen molar-refractivity contribution in [3.8, 4) is 0 Å². The lowest BCUT2D eigenvalue weighted by atomic mass is 10.0. The molecule has 322 valence electrons. The molecular weight excluding hydrogens is 685 g/mol. The molecule has 0 aliphatic rings. The minimum absolute atomic E-state index is 0.0775. The fourth-order valence-corrected chi connectivity index (χ4v) is 6.77. The highest BCUT2D eigenvalue weighted by Gasteiger charge is 2.19. The topological polar surface area (TPSA) is 78.9 Å². The predicted octanol–water partition coefficient (Wildman–Crippen LogP) is 15.2. The summed E-state index contributed by atoms with van der Waals surface area (Å²) in [6.45, 7) is 6.58. The van der Waals surface area contributed by atoms with Gasteiger partial charge in [0.15, 0.2) is 6.10 Å². The third kappa shape index (κ3) is 42.9. The summed E-state index contributed by atoms with van der Waals surface area (Å²) < 4.78 is 16.7. The van der Waals surface area contributed by atoms with Crippen molar-refractivity contribution in [1.82, 2.24) is 0 Å². The number of carbonyl (C=O) groups excluding carboxylic acids is 3. The Morgan fingerprint density at radius 2 is 0.618 bits per heavy atom. The van der Waals surface area contributed by atoms with Crippen LogP contribution in [0.2, 0.25) is 0 Å². The van der Waals surface area contributed by atoms with Gasteiger partial charge in [-0.25, -0.2) is 0 Å². The van der Waals surface area contributed by atoms with Crippen LogP contribution in [0.15, 0.2) is 24.3 Å². The van der Waals surface area contributed by atoms with Gasteiger partial charge in [-0.1, -0.05) is 193 Å². The van der Waals surface area contributed by atoms with Gasteiger partial charge >= 0.3 is 17.9 Å². The highest BCUT2D eigenvalue weighted by atomic mass is 16.6. The van der Waals surface area contributed by atoms with Crippen LogP contribution in [0.3, 0.4) is 0 Å². The standard InChI is InChI=1S/C49H90O6/c1-4-7-10-13-16-19-22-24-25-28-30-33-36-39-42-48(51)54-45-46(44-53-47(50)41-38-35-32-29-26-21-18-15-12-9-6-3)55-49(52)43-40-37-34-31-27-23-20-17-14-11-8-5-2/h15,18,25,28,46H,4-14,16-17,19-24,26-27,29-45H2,1-3H3/b18-15-,28-25-. The van der Waals surface area contributed by atoms with Crippen molar-refractivity contribution in [2.75, 3.05) is 13.2 Å². The molecule has 6 nitrogen and oxygen atoms in total. The zero-order valence-corrected chi connectivity index (χ0v) is 36.7. The van der Waals surface area contributed by atoms with Gasteiger partial charge in [0, 0.05) is 19.3 Å². The molecule has 0 amide bonds. The molecule has 0 aliphatic carbocycles. The number of unbranched alkanes of at least 4 members (excludes halogenated alkanes) is 28. The molecule has 0 spiro atoms. The summed E-state index contributed by atoms with van der Waals surface area (Å²) in [7, 11) is 0. The first-order valence-corrected chi connectivity index (χ1v) is 23.8. The molecule has 0 rings (SSSR count). The summed E-state index contributed by atoms with van der Waals surface area (Å²) in [6, 6.07) is 0. The molecule has 0 saturated heterocycles. The van der Waals surface area contributed by atoms with Crippen LogP contribution in [0.1, 0.15) is 252 Å². The van der Waals surface area contributed by atoms with Crippen LogP contribution in [0.5, 0.6) is 0 Å². The maximum atomic E-state index is 12.7. The number of carbonyl (C=O) groups is 3. The van der Waals surface area contributed by atoms with Gasteiger partial charge in [-0.05, 0) is 64.2 Å². The van der Waals surface area contributed by atoms with Gasteiger partial charge in [-0.15, -0.1) is 0 Å². The Labute approximate surface area is 341 Å². The lowest BCUT2D eigenvalue weighted by Gasteiger charge is -2.18. The summed E-state index contributed by atoms with van der Waals surface area (Å²) in [5.74, 6) is -0.896. The lowest BCUT2D eigenvalue weighted by Crippen LogP contribution is -2.30. The Morgan fingerprint density at radius 1 is 0.345 bits per heavy atom. The Kier molecular flexibility index (Phi) is 42.9. The van der Waals surface area contributed by atoms with Crippen molar-refractivity contribution in [3.05, 3.63) is 24.3 Å². The quantitative estimate of drug-likeness (QED) is 0.0266. The van der Waals surface area contributed by atoms with E-state index in [1.165, 1.54) is 135 Å². The molecule has 0 saturated carbocycles. The van der Waals surface area contributed by atoms with Crippen molar-refractivity contribution in [2.45, 2.75) is 258 Å². The van der Waals surface area contributed by atoms with E-state index in [9.17, 15) is 14.4 Å². The summed E-state index contributed by atoms with van der Waals surface area (Å²) in [6.07, 6.45) is 48.7. The largest absolute Gasteiger partial charge is 0.462 e. The maximum absolute atomic E-state index is 12.7. The molecule has 0 heterocycles. The van der Waals surface area contributed by atoms with E-state index < -0.39 is 6.10 Å². The molecule has 1 unspecified atom stereocenters. The van der Waals surface area contributed by atoms with Crippen LogP contribution in [0.4, 0.5) is 0 Å². The van der Waals surface area contributed by atoms with Crippen LogP contribution < -0.4 is 0 Å². The van der Waals surface area contributed by atoms with Gasteiger partial charge in [0.05, 0.1) is 0 Å². The normalized spacial score (nSPS) is 12.1. The molecular formula is C49H90O6. The molecule has 0 radical (unpaired) electrons. The minimum Gasteiger partial charge on any atom is -0.462 e. The van der Waals surface area contributed by atoms with Crippen molar-refractivity contribution in [3.63, 3.8) is 0 Å². The van der Waals surface area contributed by atoms with E-state index in [-0.39, 0.29) is 31.1 Å². The third-order valence-corrected chi connectivity index (χ3v) is 10.4. The highest BCUT2D eigenvalue weighted by Crippen LogP contribution is 2.15. The fraction of sp³-hybridized carbons (Fsp3) is 0.857. The molecule has 0 aromatic rings. The minimum atomic E-state index is -0.774. The van der Waals surface area contributed by atoms with E-state index in [4.69, 9.17) is 14.2 Å². The summed E-state index contributed by atoms with van der Waals surface area (Å²) in [5.41, 5.74) is 0. The number of allylic oxidation sites excluding steroid dienone is 4. The van der Waals surface area contributed by atoms with E-state index in [1.807, 2.05) is 0 Å². The average molecular weight is 775 g/mol. The van der Waals surface area contributed by atoms with Gasteiger partial charge in [0.2, 0.25) is 0 Å². The van der Waals surface area contributed by atoms with Gasteiger partial charge < -0.3 is 14.2 Å². The smallest absolute Gasteiger partial charge is 0.306 e. The zero-order valence-electron chi connectivity index (χ0n) is 36.7. The molecule has 6 heteroatoms. The first kappa shape index (κ1) is 52.9. The van der Waals surface area contributed by atoms with Crippen LogP contribution in [0.25, 0.3) is 0 Å². The predicted molar refractivity (Wildman–Crippen MR) is 233 cm³/mol. The zero-order chi connectivity index (χ0) is 40.1. The summed E-state index contributed by atoms with van der Waals surface area (Å²) in [4.78, 5) is 37.7. The Morgan fingerprint density at radius 3 is 0.982 bits per heavy atom. The number of hydrogen-bond acceptors (Lipinski definition) is 6. The molecule has 55 heavy (non-hydrogen) atoms. The number of ether oxygens (including phenoxy) is 3. The third-order valence-electron chi connectivity index (χ3n) is 10.4. The molecule has 0 fully saturated rings. The SMILES string of the molecule is CCCC/C=C\CCCCCCCC(=O)OCC(COC(=O)CCCCC/C=C\CCCCCCCCC)OC(=O)CCCCCCCCCCCCCC. The number of rotatable bonds is 43. The molecule has 0 aromatic carbocycles. The number of esters is 3. The Bertz CT molecular complexity index is 896. The average Bonchev–Trinajstić information content (AvgIpc) is 3.18. The van der Waals surface area contributed by atoms with Crippen molar-refractivity contribution in [1.29, 1.82) is 0 Å². The lowest BCUT2D eigenvalue weighted by molar-refractivity contribution is -0.167. The number of hydrogen-bond donors (Lipinski definition) is 0. The molecule has 0 aliphatic heterocycles. The second kappa shape index (κ2) is 44.6. The maximum Gasteiger partial charge on any atom is 0.306 e. The fourth-order valence-electron chi connectivity index (χ4n) is 6.77. The van der Waals surface area contributed by atoms with Crippen molar-refractivity contribution < 1.29 is 28.6 Å². The Balaban J connectivity index is 4.37. The van der Waals surface area contributed by atoms with E-state index >= 15 is 0 Å². The van der Waals surface area contributed by atoms with Gasteiger partial charge in [-0.2, -0.15) is 0 Å². The highest BCUT2D eigenvalue weighted by molar-refractivity contribution is 5.71. The first-order chi connectivity index (χ1) is 27.0. The summed E-state index contributed by atoms with van der Waals surface area (Å²) >= 11 is 0. The molecule has 0 aromatic heterocycles. The van der Waals surface area contributed by atoms with Crippen molar-refractivity contribution >= 4 is 17.9 Å². The summed E-state index contributed by atoms with van der Waals surface area (Å²) in [5, 5.41) is 0. The second-order valence-electron chi connectivity index (χ2n) is 16.0. The van der Waals surface area contributed by atoms with Crippen LogP contribution in [-0.2, 0) is 28.6 Å². The van der Waals surface area contributed by atoms with E-state index in [0.29, 0.717) is 19.3 Å². The van der Waals surface area contributed by atoms with Crippen LogP contribution >= 0.6 is 0 Å². The van der Waals surface area contributed by atoms with Gasteiger partial charge in [0.25, 0.3) is 0 Å². The van der Waals surface area contributed by atoms with E-state index in [1.54, 1.807) is 0 Å². The van der Waals surface area contributed by atoms with Crippen LogP contribution in [-0.4, -0.2) is 37.2 Å². The Hall–Kier alpha value is -2.11.